The highest BCUT2D eigenvalue weighted by Crippen LogP contribution is 2.38. The SMILES string of the molecule is CC[C@H]1OC(=O)[C@H](C)C(=O)[C@H](C)[C@@H](O[C@@H]2O[C@H](C)C[C@H](N(C)C)[C@H]2C)[C@](C)(OC)C[C@@H](C)C(=O)/C(C)=C/[C@]1(C)OC(=O)n1ccnc1. The first-order chi connectivity index (χ1) is 21.9. The van der Waals surface area contributed by atoms with Crippen LogP contribution in [-0.4, -0.2) is 101 Å². The fourth-order valence-corrected chi connectivity index (χ4v) is 7.13. The number of esters is 1. The van der Waals surface area contributed by atoms with Crippen molar-refractivity contribution in [2.75, 3.05) is 21.2 Å². The van der Waals surface area contributed by atoms with Gasteiger partial charge >= 0.3 is 12.1 Å². The topological polar surface area (TPSA) is 135 Å². The van der Waals surface area contributed by atoms with E-state index >= 15 is 0 Å². The van der Waals surface area contributed by atoms with Crippen LogP contribution in [0.2, 0.25) is 0 Å². The minimum Gasteiger partial charge on any atom is -0.457 e. The first-order valence-corrected chi connectivity index (χ1v) is 16.6. The molecular weight excluding hydrogens is 606 g/mol. The third kappa shape index (κ3) is 8.57. The molecule has 11 atom stereocenters. The lowest BCUT2D eigenvalue weighted by Gasteiger charge is -2.47. The van der Waals surface area contributed by atoms with Gasteiger partial charge in [-0.3, -0.25) is 14.4 Å². The van der Waals surface area contributed by atoms with Crippen LogP contribution in [0.5, 0.6) is 0 Å². The third-order valence-electron chi connectivity index (χ3n) is 10.0. The lowest BCUT2D eigenvalue weighted by molar-refractivity contribution is -0.280. The molecule has 0 aromatic carbocycles. The molecule has 3 rings (SSSR count). The molecule has 1 fully saturated rings. The molecule has 0 saturated carbocycles. The Morgan fingerprint density at radius 2 is 1.79 bits per heavy atom. The molecule has 2 aliphatic heterocycles. The van der Waals surface area contributed by atoms with Crippen molar-refractivity contribution in [1.82, 2.24) is 14.5 Å². The molecule has 47 heavy (non-hydrogen) atoms. The summed E-state index contributed by atoms with van der Waals surface area (Å²) in [7, 11) is 5.57. The summed E-state index contributed by atoms with van der Waals surface area (Å²) in [5, 5.41) is 0. The Balaban J connectivity index is 2.10. The van der Waals surface area contributed by atoms with Crippen molar-refractivity contribution < 1.29 is 42.9 Å². The number of cyclic esters (lactones) is 1. The number of hydrogen-bond donors (Lipinski definition) is 0. The lowest BCUT2D eigenvalue weighted by Crippen LogP contribution is -2.57. The molecule has 12 heteroatoms. The average molecular weight is 662 g/mol. The van der Waals surface area contributed by atoms with Crippen molar-refractivity contribution in [2.45, 2.75) is 123 Å². The second kappa shape index (κ2) is 15.5. The van der Waals surface area contributed by atoms with Crippen LogP contribution in [0.25, 0.3) is 0 Å². The minimum atomic E-state index is -1.55. The fraction of sp³-hybridized carbons (Fsp3) is 0.743. The first kappa shape index (κ1) is 38.5. The maximum absolute atomic E-state index is 14.1. The Morgan fingerprint density at radius 3 is 2.34 bits per heavy atom. The Bertz CT molecular complexity index is 1300. The number of imidazole rings is 1. The minimum absolute atomic E-state index is 0.0441. The van der Waals surface area contributed by atoms with Crippen LogP contribution in [0.3, 0.4) is 0 Å². The van der Waals surface area contributed by atoms with Crippen LogP contribution < -0.4 is 0 Å². The number of ether oxygens (including phenoxy) is 5. The van der Waals surface area contributed by atoms with Gasteiger partial charge in [-0.15, -0.1) is 0 Å². The van der Waals surface area contributed by atoms with Crippen LogP contribution in [0.15, 0.2) is 30.4 Å². The normalized spacial score (nSPS) is 39.1. The molecule has 1 aromatic heterocycles. The molecule has 1 saturated heterocycles. The predicted octanol–water partition coefficient (Wildman–Crippen LogP) is 4.84. The van der Waals surface area contributed by atoms with Crippen LogP contribution >= 0.6 is 0 Å². The van der Waals surface area contributed by atoms with E-state index in [1.165, 1.54) is 38.8 Å². The molecule has 0 amide bonds. The molecule has 3 heterocycles. The summed E-state index contributed by atoms with van der Waals surface area (Å²) in [6, 6.07) is 0.174. The van der Waals surface area contributed by atoms with Gasteiger partial charge in [0.15, 0.2) is 23.5 Å². The Hall–Kier alpha value is -2.93. The van der Waals surface area contributed by atoms with Gasteiger partial charge in [0.2, 0.25) is 0 Å². The quantitative estimate of drug-likeness (QED) is 0.306. The second-order valence-corrected chi connectivity index (χ2v) is 14.1. The van der Waals surface area contributed by atoms with E-state index in [-0.39, 0.29) is 36.7 Å². The standard InChI is InChI=1S/C35H55N3O9/c1-13-27-34(8,47-33(42)38-15-14-36-19-38)17-20(2)28(39)21(3)18-35(9,43-12)30(24(6)29(40)25(7)31(41)45-27)46-32-23(5)26(37(10)11)16-22(4)44-32/h14-15,17,19,21-27,30,32H,13,16,18H2,1-12H3/b20-17+/t21-,22-,23-,24+,25-,26+,27-,30-,32+,34+,35-/m1/s1. The summed E-state index contributed by atoms with van der Waals surface area (Å²) in [4.78, 5) is 60.9. The zero-order valence-corrected chi connectivity index (χ0v) is 30.1. The molecule has 0 unspecified atom stereocenters. The van der Waals surface area contributed by atoms with Crippen molar-refractivity contribution in [2.24, 2.45) is 23.7 Å². The molecule has 12 nitrogen and oxygen atoms in total. The summed E-state index contributed by atoms with van der Waals surface area (Å²) in [6.45, 7) is 15.9. The first-order valence-electron chi connectivity index (χ1n) is 16.6. The largest absolute Gasteiger partial charge is 0.457 e. The van der Waals surface area contributed by atoms with Gasteiger partial charge in [0.25, 0.3) is 0 Å². The number of methoxy groups -OCH3 is 1. The number of carbonyl (C=O) groups is 4. The number of allylic oxidation sites excluding steroid dienone is 1. The highest BCUT2D eigenvalue weighted by atomic mass is 16.7. The molecule has 0 bridgehead atoms. The Kier molecular flexibility index (Phi) is 12.7. The van der Waals surface area contributed by atoms with E-state index in [9.17, 15) is 19.2 Å². The third-order valence-corrected chi connectivity index (χ3v) is 10.0. The zero-order chi connectivity index (χ0) is 35.4. The van der Waals surface area contributed by atoms with E-state index in [0.29, 0.717) is 5.57 Å². The molecule has 0 aliphatic carbocycles. The number of nitrogens with zero attached hydrogens (tertiary/aromatic N) is 3. The van der Waals surface area contributed by atoms with Crippen molar-refractivity contribution in [3.05, 3.63) is 30.4 Å². The van der Waals surface area contributed by atoms with Crippen LogP contribution in [0.4, 0.5) is 4.79 Å². The summed E-state index contributed by atoms with van der Waals surface area (Å²) in [6.07, 6.45) is 3.54. The van der Waals surface area contributed by atoms with Crippen LogP contribution in [0.1, 0.15) is 81.6 Å². The van der Waals surface area contributed by atoms with E-state index in [1.807, 2.05) is 27.9 Å². The summed E-state index contributed by atoms with van der Waals surface area (Å²) < 4.78 is 32.2. The number of ketones is 2. The van der Waals surface area contributed by atoms with Crippen molar-refractivity contribution in [1.29, 1.82) is 0 Å². The van der Waals surface area contributed by atoms with E-state index in [1.54, 1.807) is 34.6 Å². The smallest absolute Gasteiger partial charge is 0.420 e. The molecule has 0 N–H and O–H groups in total. The maximum atomic E-state index is 14.1. The monoisotopic (exact) mass is 661 g/mol. The fourth-order valence-electron chi connectivity index (χ4n) is 7.13. The number of rotatable bonds is 6. The van der Waals surface area contributed by atoms with E-state index in [2.05, 4.69) is 16.8 Å². The van der Waals surface area contributed by atoms with Gasteiger partial charge < -0.3 is 28.6 Å². The highest BCUT2D eigenvalue weighted by Gasteiger charge is 2.49. The number of carbonyl (C=O) groups excluding carboxylic acids is 4. The Morgan fingerprint density at radius 1 is 1.13 bits per heavy atom. The molecule has 1 aromatic rings. The molecular formula is C35H55N3O9. The van der Waals surface area contributed by atoms with Gasteiger partial charge in [0.05, 0.1) is 17.8 Å². The van der Waals surface area contributed by atoms with Gasteiger partial charge in [0.1, 0.15) is 18.3 Å². The van der Waals surface area contributed by atoms with E-state index in [4.69, 9.17) is 23.7 Å². The Labute approximate surface area is 279 Å². The molecule has 2 aliphatic rings. The zero-order valence-electron chi connectivity index (χ0n) is 30.1. The van der Waals surface area contributed by atoms with E-state index < -0.39 is 65.3 Å². The molecule has 0 spiro atoms. The second-order valence-electron chi connectivity index (χ2n) is 14.1. The molecule has 0 radical (unpaired) electrons. The lowest BCUT2D eigenvalue weighted by atomic mass is 9.76. The maximum Gasteiger partial charge on any atom is 0.420 e. The summed E-state index contributed by atoms with van der Waals surface area (Å²) in [5.74, 6) is -4.05. The summed E-state index contributed by atoms with van der Waals surface area (Å²) >= 11 is 0. The number of hydrogen-bond acceptors (Lipinski definition) is 11. The molecule has 264 valence electrons. The van der Waals surface area contributed by atoms with Crippen molar-refractivity contribution in [3.63, 3.8) is 0 Å². The average Bonchev–Trinajstić information content (AvgIpc) is 3.57. The van der Waals surface area contributed by atoms with Crippen LogP contribution in [-0.2, 0) is 38.1 Å². The van der Waals surface area contributed by atoms with Gasteiger partial charge in [-0.25, -0.2) is 14.3 Å². The number of Topliss-reactive ketones (excluding diaryl/α,β-unsaturated/α-hetero) is 2. The van der Waals surface area contributed by atoms with E-state index in [0.717, 1.165) is 11.0 Å². The number of aromatic nitrogens is 2. The van der Waals surface area contributed by atoms with Gasteiger partial charge in [-0.2, -0.15) is 0 Å². The summed E-state index contributed by atoms with van der Waals surface area (Å²) in [5.41, 5.74) is -2.36. The predicted molar refractivity (Wildman–Crippen MR) is 174 cm³/mol. The van der Waals surface area contributed by atoms with Gasteiger partial charge in [-0.05, 0) is 79.6 Å². The van der Waals surface area contributed by atoms with Crippen molar-refractivity contribution >= 4 is 23.6 Å². The van der Waals surface area contributed by atoms with Gasteiger partial charge in [-0.1, -0.05) is 27.7 Å². The highest BCUT2D eigenvalue weighted by molar-refractivity contribution is 6.00. The van der Waals surface area contributed by atoms with Crippen molar-refractivity contribution in [3.8, 4) is 0 Å². The van der Waals surface area contributed by atoms with Crippen LogP contribution in [0, 0.1) is 23.7 Å². The van der Waals surface area contributed by atoms with Gasteiger partial charge in [0, 0.05) is 43.3 Å².